The first-order chi connectivity index (χ1) is 8.15. The highest BCUT2D eigenvalue weighted by Gasteiger charge is 2.07. The summed E-state index contributed by atoms with van der Waals surface area (Å²) in [5, 5.41) is 7.24. The molecule has 2 rings (SSSR count). The Bertz CT molecular complexity index is 538. The first-order valence-electron chi connectivity index (χ1n) is 5.02. The van der Waals surface area contributed by atoms with Crippen LogP contribution in [0.1, 0.15) is 16.1 Å². The van der Waals surface area contributed by atoms with E-state index in [1.165, 1.54) is 12.3 Å². The van der Waals surface area contributed by atoms with E-state index in [1.54, 1.807) is 16.9 Å². The van der Waals surface area contributed by atoms with E-state index in [1.807, 2.05) is 13.2 Å². The lowest BCUT2D eigenvalue weighted by Gasteiger charge is -2.02. The fourth-order valence-electron chi connectivity index (χ4n) is 1.36. The Balaban J connectivity index is 1.98. The van der Waals surface area contributed by atoms with E-state index in [0.717, 1.165) is 5.56 Å². The van der Waals surface area contributed by atoms with Gasteiger partial charge in [0.25, 0.3) is 5.91 Å². The maximum absolute atomic E-state index is 11.7. The summed E-state index contributed by atoms with van der Waals surface area (Å²) in [5.41, 5.74) is 1.24. The minimum Gasteiger partial charge on any atom is -0.347 e. The van der Waals surface area contributed by atoms with Crippen LogP contribution in [0.25, 0.3) is 0 Å². The van der Waals surface area contributed by atoms with Crippen molar-refractivity contribution < 1.29 is 4.79 Å². The molecule has 0 saturated carbocycles. The third-order valence-electron chi connectivity index (χ3n) is 2.17. The number of aryl methyl sites for hydroxylation is 1. The van der Waals surface area contributed by atoms with Crippen molar-refractivity contribution >= 4 is 17.5 Å². The maximum atomic E-state index is 11.7. The molecule has 2 aromatic heterocycles. The van der Waals surface area contributed by atoms with E-state index in [-0.39, 0.29) is 5.91 Å². The molecule has 0 aliphatic heterocycles. The number of nitrogens with zero attached hydrogens (tertiary/aromatic N) is 3. The van der Waals surface area contributed by atoms with Crippen LogP contribution in [0.15, 0.2) is 30.7 Å². The molecule has 2 aromatic rings. The molecular formula is C11H11ClN4O. The van der Waals surface area contributed by atoms with Gasteiger partial charge in [0.15, 0.2) is 0 Å². The lowest BCUT2D eigenvalue weighted by molar-refractivity contribution is 0.0946. The standard InChI is InChI=1S/C11H11ClN4O/c1-16-7-8(6-15-16)5-14-11(17)10-4-9(12)2-3-13-10/h2-4,6-7H,5H2,1H3,(H,14,17). The van der Waals surface area contributed by atoms with Gasteiger partial charge >= 0.3 is 0 Å². The fraction of sp³-hybridized carbons (Fsp3) is 0.182. The van der Waals surface area contributed by atoms with Crippen LogP contribution < -0.4 is 5.32 Å². The normalized spacial score (nSPS) is 10.2. The first-order valence-corrected chi connectivity index (χ1v) is 5.40. The van der Waals surface area contributed by atoms with E-state index >= 15 is 0 Å². The topological polar surface area (TPSA) is 59.8 Å². The Morgan fingerprint density at radius 2 is 2.41 bits per heavy atom. The van der Waals surface area contributed by atoms with E-state index < -0.39 is 0 Å². The SMILES string of the molecule is Cn1cc(CNC(=O)c2cc(Cl)ccn2)cn1. The van der Waals surface area contributed by atoms with Crippen molar-refractivity contribution in [2.45, 2.75) is 6.54 Å². The van der Waals surface area contributed by atoms with Gasteiger partial charge in [-0.05, 0) is 12.1 Å². The second-order valence-corrected chi connectivity index (χ2v) is 4.00. The van der Waals surface area contributed by atoms with Gasteiger partial charge in [-0.25, -0.2) is 0 Å². The zero-order chi connectivity index (χ0) is 12.3. The number of aromatic nitrogens is 3. The monoisotopic (exact) mass is 250 g/mol. The van der Waals surface area contributed by atoms with Crippen molar-refractivity contribution in [2.75, 3.05) is 0 Å². The van der Waals surface area contributed by atoms with Crippen LogP contribution in [-0.4, -0.2) is 20.7 Å². The van der Waals surface area contributed by atoms with Crippen LogP contribution in [0.3, 0.4) is 0 Å². The van der Waals surface area contributed by atoms with E-state index in [0.29, 0.717) is 17.3 Å². The molecule has 0 aliphatic rings. The molecule has 0 fully saturated rings. The van der Waals surface area contributed by atoms with Gasteiger partial charge in [-0.3, -0.25) is 14.5 Å². The molecule has 0 aromatic carbocycles. The van der Waals surface area contributed by atoms with Gasteiger partial charge in [0, 0.05) is 36.6 Å². The number of nitrogens with one attached hydrogen (secondary N) is 1. The Hall–Kier alpha value is -1.88. The number of amides is 1. The van der Waals surface area contributed by atoms with Crippen LogP contribution in [0, 0.1) is 0 Å². The molecular weight excluding hydrogens is 240 g/mol. The van der Waals surface area contributed by atoms with Crippen molar-refractivity contribution in [3.05, 3.63) is 47.0 Å². The minimum absolute atomic E-state index is 0.253. The molecule has 88 valence electrons. The summed E-state index contributed by atoms with van der Waals surface area (Å²) in [5.74, 6) is -0.253. The fourth-order valence-corrected chi connectivity index (χ4v) is 1.52. The molecule has 0 saturated heterocycles. The summed E-state index contributed by atoms with van der Waals surface area (Å²) in [6.45, 7) is 0.418. The van der Waals surface area contributed by atoms with Crippen molar-refractivity contribution in [1.82, 2.24) is 20.1 Å². The van der Waals surface area contributed by atoms with Crippen LogP contribution in [-0.2, 0) is 13.6 Å². The van der Waals surface area contributed by atoms with Gasteiger partial charge in [0.1, 0.15) is 5.69 Å². The zero-order valence-electron chi connectivity index (χ0n) is 9.22. The molecule has 0 bridgehead atoms. The number of pyridine rings is 1. The minimum atomic E-state index is -0.253. The van der Waals surface area contributed by atoms with Crippen molar-refractivity contribution in [3.63, 3.8) is 0 Å². The summed E-state index contributed by atoms with van der Waals surface area (Å²) < 4.78 is 1.68. The Labute approximate surface area is 103 Å². The predicted octanol–water partition coefficient (Wildman–Crippen LogP) is 1.40. The number of hydrogen-bond acceptors (Lipinski definition) is 3. The predicted molar refractivity (Wildman–Crippen MR) is 63.6 cm³/mol. The van der Waals surface area contributed by atoms with Gasteiger partial charge in [0.2, 0.25) is 0 Å². The lowest BCUT2D eigenvalue weighted by Crippen LogP contribution is -2.23. The number of carbonyl (C=O) groups excluding carboxylic acids is 1. The Kier molecular flexibility index (Phi) is 3.39. The van der Waals surface area contributed by atoms with Crippen LogP contribution in [0.2, 0.25) is 5.02 Å². The van der Waals surface area contributed by atoms with Gasteiger partial charge < -0.3 is 5.32 Å². The van der Waals surface area contributed by atoms with Crippen molar-refractivity contribution in [2.24, 2.45) is 7.05 Å². The van der Waals surface area contributed by atoms with Gasteiger partial charge in [0.05, 0.1) is 6.20 Å². The van der Waals surface area contributed by atoms with Gasteiger partial charge in [-0.1, -0.05) is 11.6 Å². The lowest BCUT2D eigenvalue weighted by atomic mass is 10.3. The summed E-state index contributed by atoms with van der Waals surface area (Å²) in [4.78, 5) is 15.7. The average Bonchev–Trinajstić information content (AvgIpc) is 2.72. The second-order valence-electron chi connectivity index (χ2n) is 3.56. The number of halogens is 1. The largest absolute Gasteiger partial charge is 0.347 e. The number of rotatable bonds is 3. The van der Waals surface area contributed by atoms with E-state index in [2.05, 4.69) is 15.4 Å². The van der Waals surface area contributed by atoms with E-state index in [9.17, 15) is 4.79 Å². The molecule has 6 heteroatoms. The second kappa shape index (κ2) is 4.97. The molecule has 2 heterocycles. The summed E-state index contributed by atoms with van der Waals surface area (Å²) in [6, 6.07) is 3.15. The molecule has 0 atom stereocenters. The Morgan fingerprint density at radius 1 is 1.59 bits per heavy atom. The third kappa shape index (κ3) is 3.04. The molecule has 1 N–H and O–H groups in total. The summed E-state index contributed by atoms with van der Waals surface area (Å²) in [7, 11) is 1.82. The molecule has 0 unspecified atom stereocenters. The Morgan fingerprint density at radius 3 is 3.06 bits per heavy atom. The molecule has 17 heavy (non-hydrogen) atoms. The molecule has 0 spiro atoms. The highest BCUT2D eigenvalue weighted by atomic mass is 35.5. The number of hydrogen-bond donors (Lipinski definition) is 1. The number of carbonyl (C=O) groups is 1. The van der Waals surface area contributed by atoms with Crippen molar-refractivity contribution in [1.29, 1.82) is 0 Å². The quantitative estimate of drug-likeness (QED) is 0.896. The first kappa shape index (κ1) is 11.6. The molecule has 0 radical (unpaired) electrons. The highest BCUT2D eigenvalue weighted by Crippen LogP contribution is 2.07. The van der Waals surface area contributed by atoms with Crippen LogP contribution in [0.4, 0.5) is 0 Å². The van der Waals surface area contributed by atoms with Crippen LogP contribution >= 0.6 is 11.6 Å². The molecule has 5 nitrogen and oxygen atoms in total. The van der Waals surface area contributed by atoms with E-state index in [4.69, 9.17) is 11.6 Å². The zero-order valence-corrected chi connectivity index (χ0v) is 9.98. The maximum Gasteiger partial charge on any atom is 0.270 e. The molecule has 1 amide bonds. The highest BCUT2D eigenvalue weighted by molar-refractivity contribution is 6.30. The third-order valence-corrected chi connectivity index (χ3v) is 2.40. The van der Waals surface area contributed by atoms with Gasteiger partial charge in [-0.15, -0.1) is 0 Å². The molecule has 0 aliphatic carbocycles. The van der Waals surface area contributed by atoms with Crippen molar-refractivity contribution in [3.8, 4) is 0 Å². The van der Waals surface area contributed by atoms with Gasteiger partial charge in [-0.2, -0.15) is 5.10 Å². The summed E-state index contributed by atoms with van der Waals surface area (Å²) in [6.07, 6.45) is 5.04. The smallest absolute Gasteiger partial charge is 0.270 e. The summed E-state index contributed by atoms with van der Waals surface area (Å²) >= 11 is 5.78. The average molecular weight is 251 g/mol. The van der Waals surface area contributed by atoms with Crippen LogP contribution in [0.5, 0.6) is 0 Å².